The molecule has 0 aromatic heterocycles. The first kappa shape index (κ1) is 20.2. The third kappa shape index (κ3) is 3.28. The molecule has 0 bridgehead atoms. The van der Waals surface area contributed by atoms with Gasteiger partial charge < -0.3 is 10.0 Å². The summed E-state index contributed by atoms with van der Waals surface area (Å²) in [6, 6.07) is 10.7. The molecule has 1 atom stereocenters. The van der Waals surface area contributed by atoms with Crippen molar-refractivity contribution in [3.63, 3.8) is 0 Å². The number of fused-ring (bicyclic) bond motifs is 2. The molecule has 2 aromatic carbocycles. The molecular weight excluding hydrogens is 406 g/mol. The van der Waals surface area contributed by atoms with Gasteiger partial charge in [0.1, 0.15) is 0 Å². The number of sulfonamides is 1. The summed E-state index contributed by atoms with van der Waals surface area (Å²) >= 11 is 0. The van der Waals surface area contributed by atoms with Crippen LogP contribution in [-0.2, 0) is 21.2 Å². The fourth-order valence-electron chi connectivity index (χ4n) is 4.36. The molecule has 1 N–H and O–H groups in total. The first-order chi connectivity index (χ1) is 14.1. The van der Waals surface area contributed by atoms with Crippen LogP contribution in [0.4, 0.5) is 21.9 Å². The number of carbonyl (C=O) groups excluding carboxylic acids is 1. The Labute approximate surface area is 175 Å². The standard InChI is InChI=1S/C21H23N3O5S/c1-13-12-22(21(26)27)20-11-16(5-7-19(20)24(13)14(2)25)15-4-6-18-17(10-15)8-9-23(18)30(3,28)29/h4-7,10-11,13H,8-9,12H2,1-3H3,(H,26,27)/t13-/m0/s1. The second-order valence-electron chi connectivity index (χ2n) is 7.76. The Bertz CT molecular complexity index is 1160. The van der Waals surface area contributed by atoms with E-state index in [0.29, 0.717) is 30.0 Å². The van der Waals surface area contributed by atoms with E-state index in [0.717, 1.165) is 16.7 Å². The van der Waals surface area contributed by atoms with Gasteiger partial charge in [0.2, 0.25) is 15.9 Å². The highest BCUT2D eigenvalue weighted by Crippen LogP contribution is 2.40. The van der Waals surface area contributed by atoms with E-state index in [1.54, 1.807) is 23.1 Å². The molecule has 9 heteroatoms. The largest absolute Gasteiger partial charge is 0.465 e. The quantitative estimate of drug-likeness (QED) is 0.792. The molecule has 0 unspecified atom stereocenters. The SMILES string of the molecule is CC(=O)N1c2ccc(-c3ccc4c(c3)CCN4S(C)(=O)=O)cc2N(C(=O)O)C[C@@H]1C. The molecule has 30 heavy (non-hydrogen) atoms. The second kappa shape index (κ2) is 7.02. The molecule has 2 heterocycles. The Balaban J connectivity index is 1.78. The van der Waals surface area contributed by atoms with Crippen molar-refractivity contribution in [3.05, 3.63) is 42.0 Å². The summed E-state index contributed by atoms with van der Waals surface area (Å²) in [5.41, 5.74) is 4.32. The molecule has 158 valence electrons. The normalized spacial score (nSPS) is 18.2. The molecule has 0 aliphatic carbocycles. The van der Waals surface area contributed by atoms with Crippen LogP contribution in [-0.4, -0.2) is 50.9 Å². The molecule has 0 radical (unpaired) electrons. The van der Waals surface area contributed by atoms with Gasteiger partial charge in [0.25, 0.3) is 0 Å². The Morgan fingerprint density at radius 1 is 1.03 bits per heavy atom. The molecule has 2 aliphatic heterocycles. The van der Waals surface area contributed by atoms with Gasteiger partial charge in [0.05, 0.1) is 29.4 Å². The van der Waals surface area contributed by atoms with E-state index in [9.17, 15) is 23.1 Å². The summed E-state index contributed by atoms with van der Waals surface area (Å²) in [7, 11) is -3.32. The summed E-state index contributed by atoms with van der Waals surface area (Å²) in [6.07, 6.45) is 0.751. The Hall–Kier alpha value is -3.07. The van der Waals surface area contributed by atoms with Gasteiger partial charge >= 0.3 is 6.09 Å². The number of hydrogen-bond acceptors (Lipinski definition) is 4. The first-order valence-electron chi connectivity index (χ1n) is 9.63. The van der Waals surface area contributed by atoms with E-state index >= 15 is 0 Å². The lowest BCUT2D eigenvalue weighted by Gasteiger charge is -2.39. The molecule has 0 fully saturated rings. The molecular formula is C21H23N3O5S. The fraction of sp³-hybridized carbons (Fsp3) is 0.333. The van der Waals surface area contributed by atoms with Gasteiger partial charge in [-0.3, -0.25) is 14.0 Å². The highest BCUT2D eigenvalue weighted by Gasteiger charge is 2.34. The lowest BCUT2D eigenvalue weighted by molar-refractivity contribution is -0.117. The molecule has 4 rings (SSSR count). The number of hydrogen-bond donors (Lipinski definition) is 1. The van der Waals surface area contributed by atoms with Crippen molar-refractivity contribution in [1.82, 2.24) is 0 Å². The molecule has 8 nitrogen and oxygen atoms in total. The number of rotatable bonds is 2. The van der Waals surface area contributed by atoms with E-state index in [4.69, 9.17) is 0 Å². The smallest absolute Gasteiger partial charge is 0.411 e. The van der Waals surface area contributed by atoms with Gasteiger partial charge in [0, 0.05) is 20.0 Å². The number of carboxylic acid groups (broad SMARTS) is 1. The zero-order valence-electron chi connectivity index (χ0n) is 17.0. The Kier molecular flexibility index (Phi) is 4.73. The van der Waals surface area contributed by atoms with Crippen LogP contribution in [0.15, 0.2) is 36.4 Å². The first-order valence-corrected chi connectivity index (χ1v) is 11.5. The Morgan fingerprint density at radius 2 is 1.67 bits per heavy atom. The molecule has 2 aliphatic rings. The number of nitrogens with zero attached hydrogens (tertiary/aromatic N) is 3. The average Bonchev–Trinajstić information content (AvgIpc) is 3.10. The zero-order chi connectivity index (χ0) is 21.8. The second-order valence-corrected chi connectivity index (χ2v) is 9.67. The summed E-state index contributed by atoms with van der Waals surface area (Å²) in [5, 5.41) is 9.68. The summed E-state index contributed by atoms with van der Waals surface area (Å²) < 4.78 is 25.3. The predicted octanol–water partition coefficient (Wildman–Crippen LogP) is 2.92. The lowest BCUT2D eigenvalue weighted by Crippen LogP contribution is -2.51. The van der Waals surface area contributed by atoms with Gasteiger partial charge in [-0.25, -0.2) is 13.2 Å². The van der Waals surface area contributed by atoms with Crippen LogP contribution < -0.4 is 14.1 Å². The summed E-state index contributed by atoms with van der Waals surface area (Å²) in [6.45, 7) is 3.90. The van der Waals surface area contributed by atoms with Crippen LogP contribution in [0.3, 0.4) is 0 Å². The van der Waals surface area contributed by atoms with Crippen molar-refractivity contribution in [3.8, 4) is 11.1 Å². The van der Waals surface area contributed by atoms with Crippen molar-refractivity contribution < 1.29 is 23.1 Å². The minimum atomic E-state index is -3.32. The van der Waals surface area contributed by atoms with Crippen molar-refractivity contribution in [1.29, 1.82) is 0 Å². The van der Waals surface area contributed by atoms with Crippen molar-refractivity contribution >= 4 is 39.1 Å². The summed E-state index contributed by atoms with van der Waals surface area (Å²) in [5.74, 6) is -0.139. The topological polar surface area (TPSA) is 98.2 Å². The highest BCUT2D eigenvalue weighted by molar-refractivity contribution is 7.92. The van der Waals surface area contributed by atoms with Gasteiger partial charge in [0.15, 0.2) is 0 Å². The summed E-state index contributed by atoms with van der Waals surface area (Å²) in [4.78, 5) is 26.9. The van der Waals surface area contributed by atoms with Crippen LogP contribution in [0.2, 0.25) is 0 Å². The lowest BCUT2D eigenvalue weighted by atomic mass is 9.98. The molecule has 0 saturated heterocycles. The van der Waals surface area contributed by atoms with Crippen LogP contribution in [0.25, 0.3) is 11.1 Å². The number of benzene rings is 2. The van der Waals surface area contributed by atoms with Crippen LogP contribution in [0.5, 0.6) is 0 Å². The van der Waals surface area contributed by atoms with Crippen molar-refractivity contribution in [2.45, 2.75) is 26.3 Å². The number of amides is 2. The molecule has 2 aromatic rings. The van der Waals surface area contributed by atoms with Gasteiger partial charge in [-0.15, -0.1) is 0 Å². The minimum Gasteiger partial charge on any atom is -0.465 e. The number of carbonyl (C=O) groups is 2. The average molecular weight is 429 g/mol. The third-order valence-corrected chi connectivity index (χ3v) is 6.83. The van der Waals surface area contributed by atoms with Crippen LogP contribution in [0, 0.1) is 0 Å². The van der Waals surface area contributed by atoms with Crippen LogP contribution >= 0.6 is 0 Å². The highest BCUT2D eigenvalue weighted by atomic mass is 32.2. The Morgan fingerprint density at radius 3 is 2.27 bits per heavy atom. The van der Waals surface area contributed by atoms with Gasteiger partial charge in [-0.2, -0.15) is 0 Å². The number of anilines is 3. The van der Waals surface area contributed by atoms with Gasteiger partial charge in [-0.1, -0.05) is 12.1 Å². The van der Waals surface area contributed by atoms with Crippen LogP contribution in [0.1, 0.15) is 19.4 Å². The maximum atomic E-state index is 12.1. The van der Waals surface area contributed by atoms with E-state index in [2.05, 4.69) is 0 Å². The van der Waals surface area contributed by atoms with E-state index < -0.39 is 16.1 Å². The zero-order valence-corrected chi connectivity index (χ0v) is 17.8. The van der Waals surface area contributed by atoms with E-state index in [-0.39, 0.29) is 18.5 Å². The molecule has 0 spiro atoms. The third-order valence-electron chi connectivity index (χ3n) is 5.65. The molecule has 0 saturated carbocycles. The molecule has 2 amide bonds. The van der Waals surface area contributed by atoms with Crippen molar-refractivity contribution in [2.75, 3.05) is 33.5 Å². The van der Waals surface area contributed by atoms with Crippen molar-refractivity contribution in [2.24, 2.45) is 0 Å². The maximum Gasteiger partial charge on any atom is 0.411 e. The van der Waals surface area contributed by atoms with Gasteiger partial charge in [-0.05, 0) is 54.3 Å². The maximum absolute atomic E-state index is 12.1. The minimum absolute atomic E-state index is 0.139. The van der Waals surface area contributed by atoms with E-state index in [1.165, 1.54) is 22.4 Å². The predicted molar refractivity (Wildman–Crippen MR) is 116 cm³/mol. The van der Waals surface area contributed by atoms with E-state index in [1.807, 2.05) is 25.1 Å². The fourth-order valence-corrected chi connectivity index (χ4v) is 5.32. The monoisotopic (exact) mass is 429 g/mol.